The monoisotopic (exact) mass is 731 g/mol. The van der Waals surface area contributed by atoms with Crippen LogP contribution in [0.25, 0.3) is 12.2 Å². The third-order valence-corrected chi connectivity index (χ3v) is 9.73. The molecule has 222 valence electrons. The van der Waals surface area contributed by atoms with E-state index < -0.39 is 0 Å². The maximum atomic E-state index is 5.34. The van der Waals surface area contributed by atoms with Crippen LogP contribution in [0.3, 0.4) is 0 Å². The van der Waals surface area contributed by atoms with Gasteiger partial charge in [-0.3, -0.25) is 0 Å². The van der Waals surface area contributed by atoms with Gasteiger partial charge in [0.1, 0.15) is 0 Å². The number of nitrogens with zero attached hydrogens (tertiary/aromatic N) is 2. The van der Waals surface area contributed by atoms with Crippen LogP contribution in [0.2, 0.25) is 0 Å². The predicted molar refractivity (Wildman–Crippen MR) is 172 cm³/mol. The molecule has 4 aliphatic rings. The van der Waals surface area contributed by atoms with Crippen molar-refractivity contribution in [2.75, 3.05) is 0 Å². The van der Waals surface area contributed by atoms with Crippen LogP contribution in [-0.2, 0) is 33.9 Å². The SMILES string of the molecule is CCC1=C(CC)C2=NC1=CC1=CC(CC)(CC)C(C=C3N=C(C=c4[nH]c(c(CC)c4CC)=C2)C(CC)=C3CC)N1.[Pt]. The summed E-state index contributed by atoms with van der Waals surface area (Å²) in [5, 5.41) is 6.32. The first-order chi connectivity index (χ1) is 19.4. The Bertz CT molecular complexity index is 1550. The number of aromatic nitrogens is 1. The van der Waals surface area contributed by atoms with Crippen LogP contribution in [0.4, 0.5) is 0 Å². The van der Waals surface area contributed by atoms with Crippen molar-refractivity contribution in [1.82, 2.24) is 10.3 Å². The Kier molecular flexibility index (Phi) is 9.84. The number of fused-ring (bicyclic) bond motifs is 6. The summed E-state index contributed by atoms with van der Waals surface area (Å²) in [6.07, 6.45) is 19.9. The molecule has 0 radical (unpaired) electrons. The van der Waals surface area contributed by atoms with Gasteiger partial charge in [0.05, 0.1) is 28.9 Å². The summed E-state index contributed by atoms with van der Waals surface area (Å²) in [6.45, 7) is 18.3. The zero-order valence-electron chi connectivity index (χ0n) is 26.3. The van der Waals surface area contributed by atoms with Gasteiger partial charge in [-0.2, -0.15) is 0 Å². The van der Waals surface area contributed by atoms with E-state index in [0.717, 1.165) is 74.2 Å². The molecule has 0 saturated heterocycles. The number of H-pyrrole nitrogens is 1. The van der Waals surface area contributed by atoms with Gasteiger partial charge in [-0.15, -0.1) is 0 Å². The zero-order chi connectivity index (χ0) is 28.6. The number of rotatable bonds is 8. The van der Waals surface area contributed by atoms with Crippen LogP contribution in [0.5, 0.6) is 0 Å². The first kappa shape index (κ1) is 31.5. The molecule has 0 fully saturated rings. The van der Waals surface area contributed by atoms with Gasteiger partial charge in [0.15, 0.2) is 0 Å². The summed E-state index contributed by atoms with van der Waals surface area (Å²) < 4.78 is 0. The van der Waals surface area contributed by atoms with E-state index in [1.807, 2.05) is 0 Å². The minimum atomic E-state index is 0. The average molecular weight is 732 g/mol. The Balaban J connectivity index is 0.00000387. The topological polar surface area (TPSA) is 52.5 Å². The molecule has 41 heavy (non-hydrogen) atoms. The van der Waals surface area contributed by atoms with Crippen molar-refractivity contribution >= 4 is 23.6 Å². The minimum absolute atomic E-state index is 0. The molecule has 1 unspecified atom stereocenters. The van der Waals surface area contributed by atoms with E-state index in [0.29, 0.717) is 0 Å². The summed E-state index contributed by atoms with van der Waals surface area (Å²) in [5.74, 6) is 0. The van der Waals surface area contributed by atoms with E-state index in [-0.39, 0.29) is 32.5 Å². The van der Waals surface area contributed by atoms with Crippen molar-refractivity contribution in [2.24, 2.45) is 15.4 Å². The van der Waals surface area contributed by atoms with Crippen molar-refractivity contribution in [3.63, 3.8) is 0 Å². The molecule has 0 amide bonds. The molecule has 5 rings (SSSR count). The smallest absolute Gasteiger partial charge is 0.0693 e. The molecule has 5 heteroatoms. The Morgan fingerprint density at radius 1 is 0.634 bits per heavy atom. The van der Waals surface area contributed by atoms with E-state index in [1.165, 1.54) is 49.8 Å². The molecule has 1 aromatic heterocycles. The van der Waals surface area contributed by atoms with Crippen LogP contribution in [0.1, 0.15) is 105 Å². The first-order valence-electron chi connectivity index (χ1n) is 15.9. The fourth-order valence-corrected chi connectivity index (χ4v) is 7.43. The van der Waals surface area contributed by atoms with Gasteiger partial charge in [0.25, 0.3) is 0 Å². The van der Waals surface area contributed by atoms with Gasteiger partial charge in [-0.1, -0.05) is 61.5 Å². The summed E-state index contributed by atoms with van der Waals surface area (Å²) in [5.41, 5.74) is 14.1. The third-order valence-electron chi connectivity index (χ3n) is 9.73. The predicted octanol–water partition coefficient (Wildman–Crippen LogP) is 7.28. The Labute approximate surface area is 261 Å². The van der Waals surface area contributed by atoms with E-state index >= 15 is 0 Å². The summed E-state index contributed by atoms with van der Waals surface area (Å²) >= 11 is 0. The molecule has 0 saturated carbocycles. The average Bonchev–Trinajstić information content (AvgIpc) is 3.68. The second-order valence-electron chi connectivity index (χ2n) is 11.5. The van der Waals surface area contributed by atoms with Gasteiger partial charge in [0, 0.05) is 42.9 Å². The fourth-order valence-electron chi connectivity index (χ4n) is 7.43. The molecule has 5 heterocycles. The summed E-state index contributed by atoms with van der Waals surface area (Å²) in [4.78, 5) is 14.5. The van der Waals surface area contributed by atoms with Crippen molar-refractivity contribution in [3.8, 4) is 0 Å². The molecule has 0 spiro atoms. The maximum Gasteiger partial charge on any atom is 0.0693 e. The van der Waals surface area contributed by atoms with Crippen LogP contribution in [0.15, 0.2) is 67.6 Å². The molecule has 0 aliphatic carbocycles. The van der Waals surface area contributed by atoms with Crippen molar-refractivity contribution in [3.05, 3.63) is 79.4 Å². The van der Waals surface area contributed by atoms with Crippen LogP contribution >= 0.6 is 0 Å². The minimum Gasteiger partial charge on any atom is -0.378 e. The molecule has 2 N–H and O–H groups in total. The van der Waals surface area contributed by atoms with E-state index in [1.54, 1.807) is 0 Å². The number of nitrogens with one attached hydrogen (secondary N) is 2. The second-order valence-corrected chi connectivity index (χ2v) is 11.5. The van der Waals surface area contributed by atoms with Crippen LogP contribution < -0.4 is 16.0 Å². The first-order valence-corrected chi connectivity index (χ1v) is 15.9. The molecule has 0 aromatic carbocycles. The van der Waals surface area contributed by atoms with Crippen LogP contribution in [-0.4, -0.2) is 22.4 Å². The van der Waals surface area contributed by atoms with Crippen molar-refractivity contribution in [2.45, 2.75) is 113 Å². The number of aromatic amines is 1. The number of hydrogen-bond acceptors (Lipinski definition) is 3. The molecular formula is C36H48N4Pt. The maximum absolute atomic E-state index is 5.34. The Morgan fingerprint density at radius 2 is 1.12 bits per heavy atom. The number of allylic oxidation sites excluding steroid dienone is 5. The van der Waals surface area contributed by atoms with E-state index in [2.05, 4.69) is 96.1 Å². The summed E-state index contributed by atoms with van der Waals surface area (Å²) in [6, 6.07) is 0.200. The van der Waals surface area contributed by atoms with Crippen molar-refractivity contribution in [1.29, 1.82) is 0 Å². The largest absolute Gasteiger partial charge is 0.378 e. The van der Waals surface area contributed by atoms with Gasteiger partial charge in [-0.05, 0) is 109 Å². The zero-order valence-corrected chi connectivity index (χ0v) is 28.6. The second kappa shape index (κ2) is 12.8. The summed E-state index contributed by atoms with van der Waals surface area (Å²) in [7, 11) is 0. The van der Waals surface area contributed by atoms with Gasteiger partial charge < -0.3 is 10.3 Å². The van der Waals surface area contributed by atoms with Gasteiger partial charge >= 0.3 is 0 Å². The molecule has 4 aliphatic heterocycles. The molecule has 1 aromatic rings. The van der Waals surface area contributed by atoms with Gasteiger partial charge in [0.2, 0.25) is 0 Å². The fraction of sp³-hybridized carbons (Fsp3) is 0.500. The van der Waals surface area contributed by atoms with Crippen molar-refractivity contribution < 1.29 is 21.1 Å². The van der Waals surface area contributed by atoms with Gasteiger partial charge in [-0.25, -0.2) is 9.98 Å². The Morgan fingerprint density at radius 3 is 1.59 bits per heavy atom. The van der Waals surface area contributed by atoms with Crippen LogP contribution in [0, 0.1) is 5.41 Å². The quantitative estimate of drug-likeness (QED) is 0.290. The number of aliphatic imine (C=N–C) groups is 2. The molecule has 8 bridgehead atoms. The molecular weight excluding hydrogens is 684 g/mol. The Hall–Kier alpha value is -2.45. The molecule has 4 nitrogen and oxygen atoms in total. The number of hydrogen-bond donors (Lipinski definition) is 2. The van der Waals surface area contributed by atoms with E-state index in [4.69, 9.17) is 9.98 Å². The third kappa shape index (κ3) is 5.31. The normalized spacial score (nSPS) is 20.9. The van der Waals surface area contributed by atoms with E-state index in [9.17, 15) is 0 Å². The standard InChI is InChI=1S/C36H48N4.Pt/c1-9-23-24(10-2)30-18-31-25(11-3)26(12-4)32(39-31)19-33-27(13-5)28(14-6)34(40-33)20-35-36(15-7,16-8)21-22(37-35)17-29(23)38-30;/h17-21,35,37,39H,9-16H2,1-8H3;. The molecule has 1 atom stereocenters.